The van der Waals surface area contributed by atoms with E-state index in [2.05, 4.69) is 101 Å². The van der Waals surface area contributed by atoms with Crippen LogP contribution < -0.4 is 33.9 Å². The van der Waals surface area contributed by atoms with Crippen molar-refractivity contribution in [1.29, 1.82) is 0 Å². The lowest BCUT2D eigenvalue weighted by molar-refractivity contribution is -0.616. The average Bonchev–Trinajstić information content (AvgIpc) is 3.57. The number of furan rings is 1. The first-order chi connectivity index (χ1) is 17.7. The highest BCUT2D eigenvalue weighted by Gasteiger charge is 2.24. The monoisotopic (exact) mass is 621 g/mol. The van der Waals surface area contributed by atoms with Gasteiger partial charge in [0, 0.05) is 24.1 Å². The zero-order valence-corrected chi connectivity index (χ0v) is 24.3. The lowest BCUT2D eigenvalue weighted by Crippen LogP contribution is -3.00. The molecule has 0 spiro atoms. The van der Waals surface area contributed by atoms with E-state index in [1.807, 2.05) is 6.07 Å². The van der Waals surface area contributed by atoms with Crippen LogP contribution in [0.3, 0.4) is 0 Å². The van der Waals surface area contributed by atoms with Gasteiger partial charge < -0.3 is 38.6 Å². The van der Waals surface area contributed by atoms with Gasteiger partial charge in [-0.1, -0.05) is 36.4 Å². The molecule has 0 radical (unpaired) electrons. The van der Waals surface area contributed by atoms with Gasteiger partial charge in [0.25, 0.3) is 5.52 Å². The molecular weight excluding hydrogens is 589 g/mol. The summed E-state index contributed by atoms with van der Waals surface area (Å²) in [6, 6.07) is 23.8. The number of thioether (sulfide) groups is 1. The van der Waals surface area contributed by atoms with Crippen molar-refractivity contribution in [1.82, 2.24) is 4.90 Å². The van der Waals surface area contributed by atoms with Gasteiger partial charge in [0.2, 0.25) is 11.1 Å². The number of hydrogen-bond acceptors (Lipinski definition) is 4. The highest BCUT2D eigenvalue weighted by Crippen LogP contribution is 2.36. The number of benzene rings is 3. The van der Waals surface area contributed by atoms with Crippen molar-refractivity contribution in [2.75, 3.05) is 37.8 Å². The molecule has 1 N–H and O–H groups in total. The molecule has 4 nitrogen and oxygen atoms in total. The van der Waals surface area contributed by atoms with Crippen molar-refractivity contribution in [3.8, 4) is 0 Å². The van der Waals surface area contributed by atoms with Crippen LogP contribution in [0.25, 0.3) is 45.1 Å². The number of rotatable bonds is 7. The Morgan fingerprint density at radius 1 is 0.946 bits per heavy atom. The Bertz CT molecular complexity index is 1570. The summed E-state index contributed by atoms with van der Waals surface area (Å²) in [6.07, 6.45) is 9.12. The van der Waals surface area contributed by atoms with Crippen molar-refractivity contribution < 1.29 is 33.0 Å². The Kier molecular flexibility index (Phi) is 8.07. The molecule has 0 bridgehead atoms. The summed E-state index contributed by atoms with van der Waals surface area (Å²) in [6.45, 7) is 4.37. The Hall–Kier alpha value is -2.55. The van der Waals surface area contributed by atoms with Crippen LogP contribution in [0.4, 0.5) is 5.69 Å². The molecule has 1 fully saturated rings. The van der Waals surface area contributed by atoms with Crippen LogP contribution in [-0.4, -0.2) is 37.3 Å². The Balaban J connectivity index is 0.00000280. The maximum atomic E-state index is 6.47. The van der Waals surface area contributed by atoms with E-state index >= 15 is 0 Å². The second-order valence-corrected chi connectivity index (χ2v) is 10.4. The van der Waals surface area contributed by atoms with Gasteiger partial charge in [0.15, 0.2) is 0 Å². The van der Waals surface area contributed by atoms with Gasteiger partial charge in [-0.25, -0.2) is 0 Å². The minimum atomic E-state index is 0. The van der Waals surface area contributed by atoms with Gasteiger partial charge in [-0.2, -0.15) is 4.57 Å². The molecule has 0 unspecified atom stereocenters. The van der Waals surface area contributed by atoms with Gasteiger partial charge in [-0.3, -0.25) is 0 Å². The molecule has 0 amide bonds. The van der Waals surface area contributed by atoms with Crippen LogP contribution in [0.2, 0.25) is 0 Å². The summed E-state index contributed by atoms with van der Waals surface area (Å²) >= 11 is 1.77. The fourth-order valence-corrected chi connectivity index (χ4v) is 5.76. The minimum Gasteiger partial charge on any atom is -1.00 e. The van der Waals surface area contributed by atoms with E-state index in [-0.39, 0.29) is 24.0 Å². The molecule has 1 saturated heterocycles. The molecule has 0 atom stereocenters. The predicted molar refractivity (Wildman–Crippen MR) is 154 cm³/mol. The zero-order valence-electron chi connectivity index (χ0n) is 21.3. The van der Waals surface area contributed by atoms with Gasteiger partial charge in [-0.15, -0.1) is 11.8 Å². The summed E-state index contributed by atoms with van der Waals surface area (Å²) in [5.41, 5.74) is 7.66. The first kappa shape index (κ1) is 26.1. The molecule has 3 aromatic carbocycles. The minimum absolute atomic E-state index is 0. The molecule has 1 aliphatic rings. The summed E-state index contributed by atoms with van der Waals surface area (Å²) < 4.78 is 8.74. The highest BCUT2D eigenvalue weighted by molar-refractivity contribution is 7.98. The second-order valence-electron chi connectivity index (χ2n) is 9.57. The van der Waals surface area contributed by atoms with E-state index in [1.165, 1.54) is 52.9 Å². The first-order valence-corrected chi connectivity index (χ1v) is 14.0. The number of nitrogens with zero attached hydrogens (tertiary/aromatic N) is 2. The van der Waals surface area contributed by atoms with Crippen molar-refractivity contribution in [2.45, 2.75) is 17.7 Å². The average molecular weight is 622 g/mol. The number of fused-ring (bicyclic) bond motifs is 4. The molecule has 6 heteroatoms. The molecule has 190 valence electrons. The summed E-state index contributed by atoms with van der Waals surface area (Å²) in [4.78, 5) is 3.83. The van der Waals surface area contributed by atoms with E-state index < -0.39 is 0 Å². The number of para-hydroxylation sites is 1. The van der Waals surface area contributed by atoms with Crippen molar-refractivity contribution >= 4 is 62.6 Å². The number of likely N-dealkylation sites (tertiary alicyclic amines) is 1. The fourth-order valence-electron chi connectivity index (χ4n) is 5.36. The zero-order chi connectivity index (χ0) is 24.5. The molecule has 37 heavy (non-hydrogen) atoms. The molecule has 2 aromatic heterocycles. The van der Waals surface area contributed by atoms with Crippen molar-refractivity contribution in [3.05, 3.63) is 77.9 Å². The predicted octanol–water partition coefficient (Wildman–Crippen LogP) is 3.97. The Morgan fingerprint density at radius 2 is 1.68 bits per heavy atom. The first-order valence-electron chi connectivity index (χ1n) is 12.8. The van der Waals surface area contributed by atoms with E-state index in [9.17, 15) is 0 Å². The Morgan fingerprint density at radius 3 is 2.46 bits per heavy atom. The van der Waals surface area contributed by atoms with E-state index in [1.54, 1.807) is 11.8 Å². The van der Waals surface area contributed by atoms with Gasteiger partial charge in [-0.05, 0) is 79.7 Å². The standard InChI is InChI=1S/C31H31N3OS.HI/c1-33-27-16-13-23(10-9-22-11-14-24(36-2)15-12-22)21-26(27)29(32-17-20-34-18-5-6-19-34)31-30(33)25-7-3-4-8-28(25)35-31;/h3-4,7-16,21H,5-6,17-20H2,1-2H3;1H/b10-9+;. The van der Waals surface area contributed by atoms with Gasteiger partial charge in [0.05, 0.1) is 16.5 Å². The number of aromatic nitrogens is 1. The van der Waals surface area contributed by atoms with E-state index in [4.69, 9.17) is 4.42 Å². The lowest BCUT2D eigenvalue weighted by Gasteiger charge is -2.16. The van der Waals surface area contributed by atoms with E-state index in [0.29, 0.717) is 0 Å². The number of pyridine rings is 1. The SMILES string of the molecule is CSc1ccc(/C=C/c2ccc3c(c2)c(NCCN2CCCC2)c2oc4ccccc4c2[n+]3C)cc1.[I-]. The van der Waals surface area contributed by atoms with Crippen LogP contribution in [0.15, 0.2) is 76.0 Å². The Labute approximate surface area is 239 Å². The third kappa shape index (κ3) is 5.24. The third-order valence-electron chi connectivity index (χ3n) is 7.30. The normalized spacial score (nSPS) is 14.2. The maximum absolute atomic E-state index is 6.47. The van der Waals surface area contributed by atoms with Crippen molar-refractivity contribution in [2.24, 2.45) is 7.05 Å². The van der Waals surface area contributed by atoms with E-state index in [0.717, 1.165) is 40.8 Å². The van der Waals surface area contributed by atoms with Crippen LogP contribution >= 0.6 is 11.8 Å². The maximum Gasteiger partial charge on any atom is 0.261 e. The number of halogens is 1. The number of aryl methyl sites for hydroxylation is 1. The van der Waals surface area contributed by atoms with Crippen LogP contribution in [0.1, 0.15) is 24.0 Å². The molecule has 3 heterocycles. The van der Waals surface area contributed by atoms with Crippen molar-refractivity contribution in [3.63, 3.8) is 0 Å². The van der Waals surface area contributed by atoms with Crippen LogP contribution in [-0.2, 0) is 7.05 Å². The summed E-state index contributed by atoms with van der Waals surface area (Å²) in [5, 5.41) is 6.12. The number of nitrogens with one attached hydrogen (secondary N) is 1. The van der Waals surface area contributed by atoms with Gasteiger partial charge >= 0.3 is 0 Å². The molecule has 6 rings (SSSR count). The fraction of sp³-hybridized carbons (Fsp3) is 0.258. The molecule has 1 aliphatic heterocycles. The van der Waals surface area contributed by atoms with Crippen LogP contribution in [0.5, 0.6) is 0 Å². The molecule has 5 aromatic rings. The highest BCUT2D eigenvalue weighted by atomic mass is 127. The quantitative estimate of drug-likeness (QED) is 0.129. The second kappa shape index (κ2) is 11.5. The number of anilines is 1. The molecular formula is C31H32IN3OS. The summed E-state index contributed by atoms with van der Waals surface area (Å²) in [5.74, 6) is 0. The molecule has 0 aliphatic carbocycles. The van der Waals surface area contributed by atoms with Crippen LogP contribution in [0, 0.1) is 0 Å². The number of hydrogen-bond donors (Lipinski definition) is 1. The largest absolute Gasteiger partial charge is 1.00 e. The summed E-state index contributed by atoms with van der Waals surface area (Å²) in [7, 11) is 2.14. The third-order valence-corrected chi connectivity index (χ3v) is 8.04. The smallest absolute Gasteiger partial charge is 0.261 e. The lowest BCUT2D eigenvalue weighted by atomic mass is 10.1. The molecule has 0 saturated carbocycles. The van der Waals surface area contributed by atoms with Gasteiger partial charge in [0.1, 0.15) is 12.6 Å². The topological polar surface area (TPSA) is 32.3 Å².